The zero-order valence-electron chi connectivity index (χ0n) is 18.3. The monoisotopic (exact) mass is 415 g/mol. The van der Waals surface area contributed by atoms with Crippen LogP contribution in [0.15, 0.2) is 28.9 Å². The number of nitrogens with zero attached hydrogens (tertiary/aromatic N) is 3. The molecule has 3 N–H and O–H groups in total. The molecule has 3 atom stereocenters. The first-order valence-electron chi connectivity index (χ1n) is 10.8. The fourth-order valence-electron chi connectivity index (χ4n) is 4.18. The second kappa shape index (κ2) is 10.0. The molecule has 0 aliphatic carbocycles. The van der Waals surface area contributed by atoms with Gasteiger partial charge in [-0.2, -0.15) is 0 Å². The maximum absolute atomic E-state index is 12.6. The maximum atomic E-state index is 12.6. The van der Waals surface area contributed by atoms with E-state index in [0.717, 1.165) is 37.2 Å². The van der Waals surface area contributed by atoms with E-state index in [1.54, 1.807) is 0 Å². The highest BCUT2D eigenvalue weighted by Crippen LogP contribution is 2.38. The highest BCUT2D eigenvalue weighted by atomic mass is 16.6. The van der Waals surface area contributed by atoms with Crippen molar-refractivity contribution in [2.75, 3.05) is 24.1 Å². The highest BCUT2D eigenvalue weighted by Gasteiger charge is 2.35. The number of nitrogens with two attached hydrogens (primary N) is 1. The van der Waals surface area contributed by atoms with Crippen LogP contribution < -0.4 is 11.1 Å². The molecule has 8 heteroatoms. The summed E-state index contributed by atoms with van der Waals surface area (Å²) >= 11 is 0. The van der Waals surface area contributed by atoms with E-state index in [1.807, 2.05) is 24.3 Å². The summed E-state index contributed by atoms with van der Waals surface area (Å²) in [5.74, 6) is 0.340. The number of rotatable bonds is 8. The van der Waals surface area contributed by atoms with Crippen molar-refractivity contribution in [2.24, 2.45) is 5.92 Å². The van der Waals surface area contributed by atoms with Gasteiger partial charge >= 0.3 is 0 Å². The lowest BCUT2D eigenvalue weighted by molar-refractivity contribution is -0.115. The second-order valence-corrected chi connectivity index (χ2v) is 8.16. The quantitative estimate of drug-likeness (QED) is 0.680. The molecule has 0 spiro atoms. The first-order valence-corrected chi connectivity index (χ1v) is 10.8. The molecule has 1 aromatic carbocycles. The van der Waals surface area contributed by atoms with Crippen LogP contribution in [-0.2, 0) is 16.0 Å². The van der Waals surface area contributed by atoms with Crippen LogP contribution in [0.1, 0.15) is 57.9 Å². The van der Waals surface area contributed by atoms with Gasteiger partial charge in [0.15, 0.2) is 5.82 Å². The molecular formula is C22H33N5O3. The van der Waals surface area contributed by atoms with E-state index in [2.05, 4.69) is 52.9 Å². The van der Waals surface area contributed by atoms with Gasteiger partial charge in [0.1, 0.15) is 5.69 Å². The number of amides is 1. The Balaban J connectivity index is 1.80. The third-order valence-electron chi connectivity index (χ3n) is 5.90. The Morgan fingerprint density at radius 3 is 2.60 bits per heavy atom. The standard InChI is InChI=1S/C22H33N5O3/c1-5-27(6-2)15-11-19(14(3)4)29-20(12-15)16-9-7-8-10-17(16)24-21(28)13-18-22(23)26-30-25-18/h7-10,14-15,19-20H,5-6,11-13H2,1-4H3,(H2,23,26)(H,24,28)/t15-,19-,20+/m1/s1. The molecule has 1 aliphatic rings. The van der Waals surface area contributed by atoms with Crippen LogP contribution in [0.4, 0.5) is 11.5 Å². The number of nitrogens with one attached hydrogen (secondary N) is 1. The molecule has 1 amide bonds. The molecule has 0 bridgehead atoms. The molecule has 1 aliphatic heterocycles. The zero-order chi connectivity index (χ0) is 21.7. The molecule has 2 heterocycles. The van der Waals surface area contributed by atoms with Crippen LogP contribution >= 0.6 is 0 Å². The fourth-order valence-corrected chi connectivity index (χ4v) is 4.18. The number of carbonyl (C=O) groups is 1. The van der Waals surface area contributed by atoms with Crippen LogP contribution in [-0.4, -0.2) is 46.4 Å². The predicted octanol–water partition coefficient (Wildman–Crippen LogP) is 3.42. The average molecular weight is 416 g/mol. The van der Waals surface area contributed by atoms with Gasteiger partial charge in [0.25, 0.3) is 0 Å². The number of hydrogen-bond donors (Lipinski definition) is 2. The van der Waals surface area contributed by atoms with Gasteiger partial charge in [0.2, 0.25) is 5.91 Å². The van der Waals surface area contributed by atoms with Gasteiger partial charge in [-0.05, 0) is 43.1 Å². The summed E-state index contributed by atoms with van der Waals surface area (Å²) < 4.78 is 11.1. The Kier molecular flexibility index (Phi) is 7.44. The Morgan fingerprint density at radius 1 is 1.23 bits per heavy atom. The number of para-hydroxylation sites is 1. The Bertz CT molecular complexity index is 834. The third kappa shape index (κ3) is 5.17. The Hall–Kier alpha value is -2.45. The molecule has 1 aromatic heterocycles. The molecule has 0 radical (unpaired) electrons. The summed E-state index contributed by atoms with van der Waals surface area (Å²) in [5.41, 5.74) is 7.76. The van der Waals surface area contributed by atoms with E-state index in [-0.39, 0.29) is 30.4 Å². The van der Waals surface area contributed by atoms with Crippen molar-refractivity contribution in [3.63, 3.8) is 0 Å². The van der Waals surface area contributed by atoms with Gasteiger partial charge in [0, 0.05) is 17.3 Å². The summed E-state index contributed by atoms with van der Waals surface area (Å²) in [7, 11) is 0. The van der Waals surface area contributed by atoms with Crippen molar-refractivity contribution >= 4 is 17.4 Å². The zero-order valence-corrected chi connectivity index (χ0v) is 18.3. The van der Waals surface area contributed by atoms with Gasteiger partial charge in [-0.3, -0.25) is 4.79 Å². The number of nitrogen functional groups attached to an aromatic ring is 1. The van der Waals surface area contributed by atoms with Gasteiger partial charge in [0.05, 0.1) is 18.6 Å². The lowest BCUT2D eigenvalue weighted by atomic mass is 9.88. The summed E-state index contributed by atoms with van der Waals surface area (Å²) in [4.78, 5) is 15.1. The summed E-state index contributed by atoms with van der Waals surface area (Å²) in [6.45, 7) is 10.9. The summed E-state index contributed by atoms with van der Waals surface area (Å²) in [6, 6.07) is 8.30. The molecule has 0 saturated carbocycles. The van der Waals surface area contributed by atoms with Crippen molar-refractivity contribution < 1.29 is 14.2 Å². The molecule has 0 unspecified atom stereocenters. The topological polar surface area (TPSA) is 107 Å². The van der Waals surface area contributed by atoms with Crippen molar-refractivity contribution in [2.45, 2.75) is 65.2 Å². The fraction of sp³-hybridized carbons (Fsp3) is 0.591. The minimum Gasteiger partial charge on any atom is -0.379 e. The minimum atomic E-state index is -0.221. The number of carbonyl (C=O) groups excluding carboxylic acids is 1. The minimum absolute atomic E-state index is 0.00584. The lowest BCUT2D eigenvalue weighted by Crippen LogP contribution is -2.44. The second-order valence-electron chi connectivity index (χ2n) is 8.16. The van der Waals surface area contributed by atoms with Gasteiger partial charge in [-0.25, -0.2) is 4.63 Å². The van der Waals surface area contributed by atoms with Crippen LogP contribution in [0.3, 0.4) is 0 Å². The molecule has 3 rings (SSSR count). The molecule has 2 aromatic rings. The van der Waals surface area contributed by atoms with Crippen molar-refractivity contribution in [1.29, 1.82) is 0 Å². The number of benzene rings is 1. The Morgan fingerprint density at radius 2 is 1.97 bits per heavy atom. The van der Waals surface area contributed by atoms with E-state index in [9.17, 15) is 4.79 Å². The van der Waals surface area contributed by atoms with Crippen LogP contribution in [0.2, 0.25) is 0 Å². The van der Waals surface area contributed by atoms with Crippen LogP contribution in [0, 0.1) is 5.92 Å². The largest absolute Gasteiger partial charge is 0.379 e. The molecular weight excluding hydrogens is 382 g/mol. The smallest absolute Gasteiger partial charge is 0.230 e. The van der Waals surface area contributed by atoms with E-state index in [0.29, 0.717) is 17.7 Å². The van der Waals surface area contributed by atoms with Gasteiger partial charge in [-0.15, -0.1) is 0 Å². The summed E-state index contributed by atoms with van der Waals surface area (Å²) in [5, 5.41) is 10.2. The lowest BCUT2D eigenvalue weighted by Gasteiger charge is -2.42. The molecule has 30 heavy (non-hydrogen) atoms. The van der Waals surface area contributed by atoms with Crippen molar-refractivity contribution in [3.8, 4) is 0 Å². The van der Waals surface area contributed by atoms with Crippen LogP contribution in [0.25, 0.3) is 0 Å². The average Bonchev–Trinajstić information content (AvgIpc) is 3.13. The number of aromatic nitrogens is 2. The third-order valence-corrected chi connectivity index (χ3v) is 5.90. The van der Waals surface area contributed by atoms with Crippen molar-refractivity contribution in [3.05, 3.63) is 35.5 Å². The Labute approximate surface area is 178 Å². The number of ether oxygens (including phenoxy) is 1. The number of hydrogen-bond acceptors (Lipinski definition) is 7. The van der Waals surface area contributed by atoms with E-state index in [4.69, 9.17) is 10.5 Å². The van der Waals surface area contributed by atoms with Crippen molar-refractivity contribution in [1.82, 2.24) is 15.2 Å². The van der Waals surface area contributed by atoms with Gasteiger partial charge in [-0.1, -0.05) is 51.1 Å². The maximum Gasteiger partial charge on any atom is 0.230 e. The first kappa shape index (κ1) is 22.2. The first-order chi connectivity index (χ1) is 14.4. The summed E-state index contributed by atoms with van der Waals surface area (Å²) in [6.07, 6.45) is 2.04. The van der Waals surface area contributed by atoms with E-state index >= 15 is 0 Å². The van der Waals surface area contributed by atoms with E-state index < -0.39 is 0 Å². The van der Waals surface area contributed by atoms with Gasteiger partial charge < -0.3 is 20.7 Å². The van der Waals surface area contributed by atoms with E-state index in [1.165, 1.54) is 0 Å². The predicted molar refractivity (Wildman–Crippen MR) is 116 cm³/mol. The molecule has 164 valence electrons. The molecule has 8 nitrogen and oxygen atoms in total. The highest BCUT2D eigenvalue weighted by molar-refractivity contribution is 5.93. The SMILES string of the molecule is CCN(CC)[C@H]1C[C@@H](c2ccccc2NC(=O)Cc2nonc2N)O[C@@H](C(C)C)C1. The molecule has 1 saturated heterocycles. The normalized spacial score (nSPS) is 21.9. The van der Waals surface area contributed by atoms with Crippen LogP contribution in [0.5, 0.6) is 0 Å². The molecule has 1 fully saturated rings. The number of anilines is 2.